The first-order valence-electron chi connectivity index (χ1n) is 10.0. The number of nitrogens with zero attached hydrogens (tertiary/aromatic N) is 5. The molecule has 4 rings (SSSR count). The van der Waals surface area contributed by atoms with Crippen LogP contribution < -0.4 is 15.1 Å². The molecule has 3 aromatic rings. The fourth-order valence-electron chi connectivity index (χ4n) is 3.22. The maximum Gasteiger partial charge on any atom is 0.416 e. The van der Waals surface area contributed by atoms with Gasteiger partial charge >= 0.3 is 6.18 Å². The Labute approximate surface area is 183 Å². The zero-order valence-corrected chi connectivity index (χ0v) is 17.6. The highest BCUT2D eigenvalue weighted by atomic mass is 19.4. The smallest absolute Gasteiger partial charge is 0.328 e. The van der Waals surface area contributed by atoms with Gasteiger partial charge in [0.25, 0.3) is 0 Å². The summed E-state index contributed by atoms with van der Waals surface area (Å²) in [6.07, 6.45) is 0.767. The zero-order valence-electron chi connectivity index (χ0n) is 17.6. The van der Waals surface area contributed by atoms with E-state index in [1.807, 2.05) is 37.1 Å². The predicted octanol–water partition coefficient (Wildman–Crippen LogP) is 4.98. The summed E-state index contributed by atoms with van der Waals surface area (Å²) in [5, 5.41) is 11.4. The molecule has 0 aliphatic heterocycles. The number of rotatable bonds is 5. The first kappa shape index (κ1) is 21.5. The number of halogens is 3. The molecule has 1 saturated carbocycles. The molecule has 2 aromatic heterocycles. The molecule has 0 atom stereocenters. The molecule has 0 unspecified atom stereocenters. The van der Waals surface area contributed by atoms with Crippen LogP contribution in [0.2, 0.25) is 0 Å². The SMILES string of the molecule is Cc1cc(N(C)c2cccnc2)nc(N(C(=N)Nc2ccc(C(F)(F)F)cc2)C2CC2)n1. The summed E-state index contributed by atoms with van der Waals surface area (Å²) in [6, 6.07) is 10.2. The van der Waals surface area contributed by atoms with Crippen LogP contribution in [-0.4, -0.2) is 34.0 Å². The van der Waals surface area contributed by atoms with Crippen LogP contribution in [0.1, 0.15) is 24.1 Å². The molecule has 166 valence electrons. The van der Waals surface area contributed by atoms with Gasteiger partial charge in [0.05, 0.1) is 17.4 Å². The largest absolute Gasteiger partial charge is 0.416 e. The molecule has 32 heavy (non-hydrogen) atoms. The van der Waals surface area contributed by atoms with E-state index in [-0.39, 0.29) is 12.0 Å². The minimum atomic E-state index is -4.40. The zero-order chi connectivity index (χ0) is 22.9. The van der Waals surface area contributed by atoms with E-state index in [0.29, 0.717) is 17.5 Å². The average Bonchev–Trinajstić information content (AvgIpc) is 3.58. The van der Waals surface area contributed by atoms with Crippen molar-refractivity contribution >= 4 is 29.1 Å². The summed E-state index contributed by atoms with van der Waals surface area (Å²) in [5.74, 6) is 1.02. The van der Waals surface area contributed by atoms with Gasteiger partial charge in [-0.1, -0.05) is 0 Å². The molecule has 1 fully saturated rings. The van der Waals surface area contributed by atoms with E-state index in [4.69, 9.17) is 5.41 Å². The lowest BCUT2D eigenvalue weighted by atomic mass is 10.2. The van der Waals surface area contributed by atoms with Crippen molar-refractivity contribution in [3.63, 3.8) is 0 Å². The van der Waals surface area contributed by atoms with Gasteiger partial charge in [-0.25, -0.2) is 4.98 Å². The maximum absolute atomic E-state index is 12.8. The van der Waals surface area contributed by atoms with Crippen molar-refractivity contribution in [3.8, 4) is 0 Å². The standard InChI is InChI=1S/C22H22F3N7/c1-14-12-19(31(2)18-4-3-11-27-13-18)30-21(28-14)32(17-9-10-17)20(26)29-16-7-5-15(6-8-16)22(23,24)25/h3-8,11-13,17H,9-10H2,1-2H3,(H2,26,29). The lowest BCUT2D eigenvalue weighted by molar-refractivity contribution is -0.137. The third kappa shape index (κ3) is 4.79. The van der Waals surface area contributed by atoms with Crippen molar-refractivity contribution in [2.24, 2.45) is 0 Å². The fraction of sp³-hybridized carbons (Fsp3) is 0.273. The Morgan fingerprint density at radius 1 is 1.12 bits per heavy atom. The second kappa shape index (κ2) is 8.45. The van der Waals surface area contributed by atoms with Gasteiger partial charge < -0.3 is 10.2 Å². The Hall–Kier alpha value is -3.69. The average molecular weight is 441 g/mol. The fourth-order valence-corrected chi connectivity index (χ4v) is 3.22. The summed E-state index contributed by atoms with van der Waals surface area (Å²) in [4.78, 5) is 16.9. The number of alkyl halides is 3. The number of benzene rings is 1. The minimum absolute atomic E-state index is 0.00726. The molecular formula is C22H22F3N7. The van der Waals surface area contributed by atoms with E-state index >= 15 is 0 Å². The highest BCUT2D eigenvalue weighted by molar-refractivity contribution is 6.03. The monoisotopic (exact) mass is 441 g/mol. The molecule has 1 aliphatic rings. The number of nitrogens with one attached hydrogen (secondary N) is 2. The Balaban J connectivity index is 1.59. The van der Waals surface area contributed by atoms with Crippen LogP contribution in [0.15, 0.2) is 54.9 Å². The Morgan fingerprint density at radius 3 is 2.44 bits per heavy atom. The van der Waals surface area contributed by atoms with Crippen LogP contribution >= 0.6 is 0 Å². The summed E-state index contributed by atoms with van der Waals surface area (Å²) in [7, 11) is 1.87. The molecule has 1 aromatic carbocycles. The van der Waals surface area contributed by atoms with E-state index in [2.05, 4.69) is 20.3 Å². The molecule has 2 N–H and O–H groups in total. The molecule has 0 spiro atoms. The molecule has 2 heterocycles. The van der Waals surface area contributed by atoms with Gasteiger partial charge in [0, 0.05) is 36.7 Å². The van der Waals surface area contributed by atoms with Gasteiger partial charge in [0.15, 0.2) is 0 Å². The van der Waals surface area contributed by atoms with E-state index in [9.17, 15) is 13.2 Å². The van der Waals surface area contributed by atoms with Crippen molar-refractivity contribution in [2.75, 3.05) is 22.2 Å². The van der Waals surface area contributed by atoms with Crippen LogP contribution in [0.4, 0.5) is 36.3 Å². The highest BCUT2D eigenvalue weighted by Crippen LogP contribution is 2.33. The Bertz CT molecular complexity index is 1100. The number of aryl methyl sites for hydroxylation is 1. The second-order valence-corrected chi connectivity index (χ2v) is 7.59. The van der Waals surface area contributed by atoms with E-state index in [1.54, 1.807) is 17.3 Å². The number of guanidine groups is 1. The molecular weight excluding hydrogens is 419 g/mol. The van der Waals surface area contributed by atoms with Gasteiger partial charge in [-0.2, -0.15) is 18.2 Å². The minimum Gasteiger partial charge on any atom is -0.328 e. The Kier molecular flexibility index (Phi) is 5.68. The van der Waals surface area contributed by atoms with Crippen molar-refractivity contribution in [1.82, 2.24) is 15.0 Å². The Morgan fingerprint density at radius 2 is 1.84 bits per heavy atom. The van der Waals surface area contributed by atoms with Crippen LogP contribution in [0, 0.1) is 12.3 Å². The van der Waals surface area contributed by atoms with Crippen LogP contribution in [-0.2, 0) is 6.18 Å². The lowest BCUT2D eigenvalue weighted by Crippen LogP contribution is -2.39. The molecule has 7 nitrogen and oxygen atoms in total. The number of hydrogen-bond donors (Lipinski definition) is 2. The third-order valence-corrected chi connectivity index (χ3v) is 5.05. The van der Waals surface area contributed by atoms with Crippen molar-refractivity contribution in [1.29, 1.82) is 5.41 Å². The normalized spacial score (nSPS) is 13.5. The van der Waals surface area contributed by atoms with Gasteiger partial charge in [0.2, 0.25) is 11.9 Å². The van der Waals surface area contributed by atoms with Crippen molar-refractivity contribution < 1.29 is 13.2 Å². The van der Waals surface area contributed by atoms with Gasteiger partial charge in [-0.15, -0.1) is 0 Å². The van der Waals surface area contributed by atoms with Gasteiger partial charge in [-0.05, 0) is 56.2 Å². The van der Waals surface area contributed by atoms with Crippen molar-refractivity contribution in [2.45, 2.75) is 32.0 Å². The van der Waals surface area contributed by atoms with Crippen LogP contribution in [0.3, 0.4) is 0 Å². The van der Waals surface area contributed by atoms with Crippen LogP contribution in [0.25, 0.3) is 0 Å². The molecule has 0 amide bonds. The topological polar surface area (TPSA) is 81.0 Å². The highest BCUT2D eigenvalue weighted by Gasteiger charge is 2.35. The molecule has 10 heteroatoms. The number of hydrogen-bond acceptors (Lipinski definition) is 5. The van der Waals surface area contributed by atoms with E-state index in [0.717, 1.165) is 36.4 Å². The first-order valence-corrected chi connectivity index (χ1v) is 10.0. The van der Waals surface area contributed by atoms with Gasteiger partial charge in [0.1, 0.15) is 5.82 Å². The molecule has 0 bridgehead atoms. The summed E-state index contributed by atoms with van der Waals surface area (Å²) in [5.41, 5.74) is 1.23. The number of pyridine rings is 1. The summed E-state index contributed by atoms with van der Waals surface area (Å²) >= 11 is 0. The quantitative estimate of drug-likeness (QED) is 0.429. The summed E-state index contributed by atoms with van der Waals surface area (Å²) < 4.78 is 38.4. The number of aromatic nitrogens is 3. The van der Waals surface area contributed by atoms with E-state index < -0.39 is 11.7 Å². The first-order chi connectivity index (χ1) is 15.2. The molecule has 1 aliphatic carbocycles. The van der Waals surface area contributed by atoms with Crippen LogP contribution in [0.5, 0.6) is 0 Å². The second-order valence-electron chi connectivity index (χ2n) is 7.59. The predicted molar refractivity (Wildman–Crippen MR) is 117 cm³/mol. The molecule has 0 radical (unpaired) electrons. The number of anilines is 4. The van der Waals surface area contributed by atoms with Gasteiger partial charge in [-0.3, -0.25) is 15.3 Å². The maximum atomic E-state index is 12.8. The lowest BCUT2D eigenvalue weighted by Gasteiger charge is -2.26. The summed E-state index contributed by atoms with van der Waals surface area (Å²) in [6.45, 7) is 1.85. The van der Waals surface area contributed by atoms with Crippen molar-refractivity contribution in [3.05, 3.63) is 66.1 Å². The van der Waals surface area contributed by atoms with E-state index in [1.165, 1.54) is 12.1 Å². The third-order valence-electron chi connectivity index (χ3n) is 5.05. The molecule has 0 saturated heterocycles.